The van der Waals surface area contributed by atoms with Crippen LogP contribution in [0, 0.1) is 0 Å². The maximum atomic E-state index is 4.49. The van der Waals surface area contributed by atoms with Crippen LogP contribution in [0.3, 0.4) is 0 Å². The largest absolute Gasteiger partial charge is 0.366 e. The standard InChI is InChI=1S/C12H18N4/c1-2-7-13-11-6-8-14-12(15-11)16-9-4-3-5-10-16/h2,6,8H,1,3-5,7,9-10H2,(H,13,14,15). The highest BCUT2D eigenvalue weighted by Gasteiger charge is 2.13. The van der Waals surface area contributed by atoms with E-state index in [0.717, 1.165) is 31.4 Å². The van der Waals surface area contributed by atoms with Gasteiger partial charge >= 0.3 is 0 Å². The van der Waals surface area contributed by atoms with Crippen LogP contribution in [-0.2, 0) is 0 Å². The number of rotatable bonds is 4. The van der Waals surface area contributed by atoms with Crippen molar-refractivity contribution in [1.82, 2.24) is 9.97 Å². The molecule has 1 N–H and O–H groups in total. The summed E-state index contributed by atoms with van der Waals surface area (Å²) in [5.41, 5.74) is 0. The maximum Gasteiger partial charge on any atom is 0.227 e. The Morgan fingerprint density at radius 1 is 1.38 bits per heavy atom. The van der Waals surface area contributed by atoms with Crippen molar-refractivity contribution in [2.75, 3.05) is 29.9 Å². The van der Waals surface area contributed by atoms with Crippen molar-refractivity contribution in [1.29, 1.82) is 0 Å². The lowest BCUT2D eigenvalue weighted by Gasteiger charge is -2.26. The van der Waals surface area contributed by atoms with Crippen LogP contribution in [0.15, 0.2) is 24.9 Å². The molecule has 86 valence electrons. The number of nitrogens with zero attached hydrogens (tertiary/aromatic N) is 3. The van der Waals surface area contributed by atoms with E-state index in [1.807, 2.05) is 18.3 Å². The number of aromatic nitrogens is 2. The van der Waals surface area contributed by atoms with Crippen LogP contribution < -0.4 is 10.2 Å². The summed E-state index contributed by atoms with van der Waals surface area (Å²) >= 11 is 0. The third-order valence-electron chi connectivity index (χ3n) is 2.71. The summed E-state index contributed by atoms with van der Waals surface area (Å²) in [6.45, 7) is 6.55. The first-order valence-corrected chi connectivity index (χ1v) is 5.83. The molecule has 1 aromatic heterocycles. The Hall–Kier alpha value is -1.58. The molecule has 4 nitrogen and oxygen atoms in total. The summed E-state index contributed by atoms with van der Waals surface area (Å²) in [5, 5.41) is 3.18. The van der Waals surface area contributed by atoms with E-state index in [1.54, 1.807) is 0 Å². The molecule has 0 amide bonds. The molecule has 0 aliphatic carbocycles. The second-order valence-corrected chi connectivity index (χ2v) is 3.96. The van der Waals surface area contributed by atoms with Gasteiger partial charge in [0, 0.05) is 25.8 Å². The minimum absolute atomic E-state index is 0.733. The van der Waals surface area contributed by atoms with Crippen LogP contribution in [0.25, 0.3) is 0 Å². The molecule has 0 saturated carbocycles. The van der Waals surface area contributed by atoms with E-state index in [9.17, 15) is 0 Å². The maximum absolute atomic E-state index is 4.49. The van der Waals surface area contributed by atoms with E-state index < -0.39 is 0 Å². The summed E-state index contributed by atoms with van der Waals surface area (Å²) in [7, 11) is 0. The highest BCUT2D eigenvalue weighted by molar-refractivity contribution is 5.41. The molecule has 1 fully saturated rings. The fraction of sp³-hybridized carbons (Fsp3) is 0.500. The third-order valence-corrected chi connectivity index (χ3v) is 2.71. The predicted molar refractivity (Wildman–Crippen MR) is 66.8 cm³/mol. The van der Waals surface area contributed by atoms with E-state index in [1.165, 1.54) is 19.3 Å². The summed E-state index contributed by atoms with van der Waals surface area (Å²) in [5.74, 6) is 1.71. The third kappa shape index (κ3) is 2.72. The van der Waals surface area contributed by atoms with Crippen molar-refractivity contribution in [3.8, 4) is 0 Å². The van der Waals surface area contributed by atoms with Gasteiger partial charge in [0.2, 0.25) is 5.95 Å². The van der Waals surface area contributed by atoms with Crippen molar-refractivity contribution in [2.45, 2.75) is 19.3 Å². The molecule has 0 unspecified atom stereocenters. The van der Waals surface area contributed by atoms with Crippen molar-refractivity contribution in [3.05, 3.63) is 24.9 Å². The smallest absolute Gasteiger partial charge is 0.227 e. The van der Waals surface area contributed by atoms with Gasteiger partial charge in [0.25, 0.3) is 0 Å². The lowest BCUT2D eigenvalue weighted by molar-refractivity contribution is 0.568. The molecular weight excluding hydrogens is 200 g/mol. The minimum atomic E-state index is 0.733. The lowest BCUT2D eigenvalue weighted by Crippen LogP contribution is -2.31. The van der Waals surface area contributed by atoms with Gasteiger partial charge < -0.3 is 10.2 Å². The zero-order valence-electron chi connectivity index (χ0n) is 9.52. The van der Waals surface area contributed by atoms with Crippen LogP contribution in [-0.4, -0.2) is 29.6 Å². The molecular formula is C12H18N4. The predicted octanol–water partition coefficient (Wildman–Crippen LogP) is 2.06. The highest BCUT2D eigenvalue weighted by atomic mass is 15.3. The van der Waals surface area contributed by atoms with Crippen LogP contribution in [0.2, 0.25) is 0 Å². The highest BCUT2D eigenvalue weighted by Crippen LogP contribution is 2.16. The van der Waals surface area contributed by atoms with Crippen LogP contribution in [0.4, 0.5) is 11.8 Å². The molecule has 1 aromatic rings. The van der Waals surface area contributed by atoms with Crippen LogP contribution in [0.1, 0.15) is 19.3 Å². The van der Waals surface area contributed by atoms with Gasteiger partial charge in [-0.1, -0.05) is 6.08 Å². The second kappa shape index (κ2) is 5.49. The monoisotopic (exact) mass is 218 g/mol. The average molecular weight is 218 g/mol. The zero-order valence-corrected chi connectivity index (χ0v) is 9.52. The number of nitrogens with one attached hydrogen (secondary N) is 1. The Bertz CT molecular complexity index is 345. The molecule has 0 spiro atoms. The van der Waals surface area contributed by atoms with E-state index in [-0.39, 0.29) is 0 Å². The Labute approximate surface area is 96.4 Å². The van der Waals surface area contributed by atoms with Gasteiger partial charge in [0.05, 0.1) is 0 Å². The molecule has 0 bridgehead atoms. The first-order valence-electron chi connectivity index (χ1n) is 5.83. The molecule has 16 heavy (non-hydrogen) atoms. The topological polar surface area (TPSA) is 41.1 Å². The number of hydrogen-bond acceptors (Lipinski definition) is 4. The Balaban J connectivity index is 2.05. The SMILES string of the molecule is C=CCNc1ccnc(N2CCCCC2)n1. The summed E-state index contributed by atoms with van der Waals surface area (Å²) in [6, 6.07) is 1.89. The molecule has 0 aromatic carbocycles. The van der Waals surface area contributed by atoms with E-state index >= 15 is 0 Å². The molecule has 0 atom stereocenters. The lowest BCUT2D eigenvalue weighted by atomic mass is 10.1. The Morgan fingerprint density at radius 2 is 2.19 bits per heavy atom. The van der Waals surface area contributed by atoms with Gasteiger partial charge in [-0.15, -0.1) is 6.58 Å². The van der Waals surface area contributed by atoms with Crippen molar-refractivity contribution in [2.24, 2.45) is 0 Å². The molecule has 1 aliphatic heterocycles. The first-order chi connectivity index (χ1) is 7.90. The molecule has 4 heteroatoms. The fourth-order valence-corrected chi connectivity index (χ4v) is 1.87. The van der Waals surface area contributed by atoms with Crippen molar-refractivity contribution in [3.63, 3.8) is 0 Å². The van der Waals surface area contributed by atoms with E-state index in [2.05, 4.69) is 26.8 Å². The Morgan fingerprint density at radius 3 is 2.94 bits per heavy atom. The van der Waals surface area contributed by atoms with Crippen LogP contribution >= 0.6 is 0 Å². The quantitative estimate of drug-likeness (QED) is 0.785. The van der Waals surface area contributed by atoms with Gasteiger partial charge in [-0.05, 0) is 25.3 Å². The van der Waals surface area contributed by atoms with Gasteiger partial charge in [0.1, 0.15) is 5.82 Å². The molecule has 0 radical (unpaired) electrons. The minimum Gasteiger partial charge on any atom is -0.366 e. The summed E-state index contributed by atoms with van der Waals surface area (Å²) in [4.78, 5) is 11.1. The molecule has 1 saturated heterocycles. The molecule has 2 heterocycles. The fourth-order valence-electron chi connectivity index (χ4n) is 1.87. The number of hydrogen-bond donors (Lipinski definition) is 1. The zero-order chi connectivity index (χ0) is 11.2. The van der Waals surface area contributed by atoms with Crippen molar-refractivity contribution >= 4 is 11.8 Å². The van der Waals surface area contributed by atoms with Gasteiger partial charge in [-0.2, -0.15) is 4.98 Å². The van der Waals surface area contributed by atoms with Gasteiger partial charge in [-0.3, -0.25) is 0 Å². The van der Waals surface area contributed by atoms with Crippen LogP contribution in [0.5, 0.6) is 0 Å². The Kier molecular flexibility index (Phi) is 3.75. The average Bonchev–Trinajstić information content (AvgIpc) is 2.38. The summed E-state index contributed by atoms with van der Waals surface area (Å²) < 4.78 is 0. The number of piperidine rings is 1. The summed E-state index contributed by atoms with van der Waals surface area (Å²) in [6.07, 6.45) is 7.44. The second-order valence-electron chi connectivity index (χ2n) is 3.96. The number of anilines is 2. The van der Waals surface area contributed by atoms with Gasteiger partial charge in [0.15, 0.2) is 0 Å². The molecule has 2 rings (SSSR count). The van der Waals surface area contributed by atoms with Gasteiger partial charge in [-0.25, -0.2) is 4.98 Å². The van der Waals surface area contributed by atoms with E-state index in [0.29, 0.717) is 0 Å². The first kappa shape index (κ1) is 10.9. The molecule has 1 aliphatic rings. The van der Waals surface area contributed by atoms with E-state index in [4.69, 9.17) is 0 Å². The normalized spacial score (nSPS) is 15.9. The van der Waals surface area contributed by atoms with Crippen molar-refractivity contribution < 1.29 is 0 Å².